The van der Waals surface area contributed by atoms with Gasteiger partial charge in [0.2, 0.25) is 0 Å². The zero-order valence-electron chi connectivity index (χ0n) is 8.53. The highest BCUT2D eigenvalue weighted by atomic mass is 19.1. The van der Waals surface area contributed by atoms with E-state index in [-0.39, 0.29) is 5.69 Å². The molecule has 1 aromatic carbocycles. The van der Waals surface area contributed by atoms with Crippen LogP contribution in [-0.4, -0.2) is 16.1 Å². The summed E-state index contributed by atoms with van der Waals surface area (Å²) < 4.78 is 27.8. The Morgan fingerprint density at radius 2 is 2.12 bits per heavy atom. The molecular formula is C11H11F2N3. The molecule has 0 atom stereocenters. The van der Waals surface area contributed by atoms with E-state index in [1.165, 1.54) is 18.5 Å². The molecule has 1 heterocycles. The Morgan fingerprint density at radius 3 is 2.81 bits per heavy atom. The van der Waals surface area contributed by atoms with Gasteiger partial charge in [0.25, 0.3) is 0 Å². The van der Waals surface area contributed by atoms with Gasteiger partial charge in [-0.3, -0.25) is 0 Å². The van der Waals surface area contributed by atoms with Crippen LogP contribution in [0.15, 0.2) is 30.7 Å². The van der Waals surface area contributed by atoms with Crippen molar-refractivity contribution in [3.8, 4) is 5.69 Å². The zero-order chi connectivity index (χ0) is 11.5. The van der Waals surface area contributed by atoms with E-state index < -0.39 is 11.6 Å². The summed E-state index contributed by atoms with van der Waals surface area (Å²) in [6.45, 7) is 0.453. The van der Waals surface area contributed by atoms with Gasteiger partial charge in [0.15, 0.2) is 0 Å². The standard InChI is InChI=1S/C11H11F2N3/c12-8-1-2-11(10(13)5-8)16-7-15-6-9(16)3-4-14/h1-2,5-7H,3-4,14H2. The van der Waals surface area contributed by atoms with Gasteiger partial charge in [-0.25, -0.2) is 13.8 Å². The lowest BCUT2D eigenvalue weighted by atomic mass is 10.2. The molecule has 2 aromatic rings. The maximum absolute atomic E-state index is 13.5. The van der Waals surface area contributed by atoms with Crippen LogP contribution in [0.4, 0.5) is 8.78 Å². The van der Waals surface area contributed by atoms with Crippen molar-refractivity contribution >= 4 is 0 Å². The molecule has 0 fully saturated rings. The first-order valence-electron chi connectivity index (χ1n) is 4.89. The van der Waals surface area contributed by atoms with Gasteiger partial charge in [-0.15, -0.1) is 0 Å². The topological polar surface area (TPSA) is 43.8 Å². The molecule has 0 bridgehead atoms. The lowest BCUT2D eigenvalue weighted by Crippen LogP contribution is -2.08. The summed E-state index contributed by atoms with van der Waals surface area (Å²) in [6, 6.07) is 3.44. The zero-order valence-corrected chi connectivity index (χ0v) is 8.53. The third-order valence-corrected chi connectivity index (χ3v) is 2.28. The highest BCUT2D eigenvalue weighted by molar-refractivity contribution is 5.35. The SMILES string of the molecule is NCCc1cncn1-c1ccc(F)cc1F. The van der Waals surface area contributed by atoms with Crippen LogP contribution in [0, 0.1) is 11.6 Å². The third kappa shape index (κ3) is 1.94. The van der Waals surface area contributed by atoms with E-state index in [0.29, 0.717) is 13.0 Å². The molecule has 0 saturated carbocycles. The molecule has 0 aliphatic carbocycles. The summed E-state index contributed by atoms with van der Waals surface area (Å²) in [5.74, 6) is -1.21. The molecule has 0 aliphatic rings. The van der Waals surface area contributed by atoms with Gasteiger partial charge in [-0.05, 0) is 18.7 Å². The molecule has 1 aromatic heterocycles. The Kier molecular flexibility index (Phi) is 2.96. The second kappa shape index (κ2) is 4.40. The smallest absolute Gasteiger partial charge is 0.150 e. The highest BCUT2D eigenvalue weighted by Gasteiger charge is 2.09. The molecule has 0 radical (unpaired) electrons. The summed E-state index contributed by atoms with van der Waals surface area (Å²) in [6.07, 6.45) is 3.70. The Morgan fingerprint density at radius 1 is 1.31 bits per heavy atom. The second-order valence-electron chi connectivity index (χ2n) is 3.39. The molecule has 0 aliphatic heterocycles. The fraction of sp³-hybridized carbons (Fsp3) is 0.182. The minimum atomic E-state index is -0.615. The minimum Gasteiger partial charge on any atom is -0.330 e. The summed E-state index contributed by atoms with van der Waals surface area (Å²) >= 11 is 0. The Balaban J connectivity index is 2.46. The van der Waals surface area contributed by atoms with Crippen molar-refractivity contribution in [1.29, 1.82) is 0 Å². The van der Waals surface area contributed by atoms with Crippen LogP contribution in [0.1, 0.15) is 5.69 Å². The number of aromatic nitrogens is 2. The maximum Gasteiger partial charge on any atom is 0.150 e. The van der Waals surface area contributed by atoms with Crippen molar-refractivity contribution in [1.82, 2.24) is 9.55 Å². The normalized spacial score (nSPS) is 10.7. The van der Waals surface area contributed by atoms with Crippen LogP contribution in [-0.2, 0) is 6.42 Å². The molecule has 16 heavy (non-hydrogen) atoms. The number of benzene rings is 1. The molecule has 2 N–H and O–H groups in total. The van der Waals surface area contributed by atoms with Crippen LogP contribution >= 0.6 is 0 Å². The van der Waals surface area contributed by atoms with E-state index in [2.05, 4.69) is 4.98 Å². The van der Waals surface area contributed by atoms with Crippen LogP contribution in [0.25, 0.3) is 5.69 Å². The third-order valence-electron chi connectivity index (χ3n) is 2.28. The Labute approximate surface area is 91.5 Å². The molecule has 0 amide bonds. The molecule has 0 unspecified atom stereocenters. The number of imidazole rings is 1. The van der Waals surface area contributed by atoms with Crippen LogP contribution in [0.3, 0.4) is 0 Å². The number of nitrogens with two attached hydrogens (primary N) is 1. The van der Waals surface area contributed by atoms with Crippen LogP contribution in [0.2, 0.25) is 0 Å². The molecule has 0 saturated heterocycles. The predicted molar refractivity (Wildman–Crippen MR) is 56.2 cm³/mol. The Bertz CT molecular complexity index is 494. The lowest BCUT2D eigenvalue weighted by Gasteiger charge is -2.08. The van der Waals surface area contributed by atoms with Crippen LogP contribution in [0.5, 0.6) is 0 Å². The van der Waals surface area contributed by atoms with Gasteiger partial charge >= 0.3 is 0 Å². The summed E-state index contributed by atoms with van der Waals surface area (Å²) in [4.78, 5) is 3.93. The Hall–Kier alpha value is -1.75. The molecule has 0 spiro atoms. The van der Waals surface area contributed by atoms with Gasteiger partial charge < -0.3 is 10.3 Å². The summed E-state index contributed by atoms with van der Waals surface area (Å²) in [5, 5.41) is 0. The first-order valence-corrected chi connectivity index (χ1v) is 4.89. The molecule has 2 rings (SSSR count). The largest absolute Gasteiger partial charge is 0.330 e. The van der Waals surface area contributed by atoms with E-state index in [4.69, 9.17) is 5.73 Å². The van der Waals surface area contributed by atoms with Crippen molar-refractivity contribution in [2.75, 3.05) is 6.54 Å². The fourth-order valence-corrected chi connectivity index (χ4v) is 1.55. The van der Waals surface area contributed by atoms with Crippen molar-refractivity contribution in [3.63, 3.8) is 0 Å². The van der Waals surface area contributed by atoms with Crippen molar-refractivity contribution in [2.45, 2.75) is 6.42 Å². The fourth-order valence-electron chi connectivity index (χ4n) is 1.55. The van der Waals surface area contributed by atoms with E-state index >= 15 is 0 Å². The number of hydrogen-bond acceptors (Lipinski definition) is 2. The monoisotopic (exact) mass is 223 g/mol. The first kappa shape index (κ1) is 10.8. The van der Waals surface area contributed by atoms with Gasteiger partial charge in [0.1, 0.15) is 11.6 Å². The quantitative estimate of drug-likeness (QED) is 0.859. The number of nitrogens with zero attached hydrogens (tertiary/aromatic N) is 2. The van der Waals surface area contributed by atoms with Crippen molar-refractivity contribution in [3.05, 3.63) is 48.1 Å². The first-order chi connectivity index (χ1) is 7.72. The van der Waals surface area contributed by atoms with Gasteiger partial charge in [0, 0.05) is 24.4 Å². The van der Waals surface area contributed by atoms with Gasteiger partial charge in [0.05, 0.1) is 12.0 Å². The summed E-state index contributed by atoms with van der Waals surface area (Å²) in [5.41, 5.74) is 6.51. The molecule has 5 heteroatoms. The predicted octanol–water partition coefficient (Wildman–Crippen LogP) is 1.65. The number of hydrogen-bond donors (Lipinski definition) is 1. The molecular weight excluding hydrogens is 212 g/mol. The highest BCUT2D eigenvalue weighted by Crippen LogP contribution is 2.16. The van der Waals surface area contributed by atoms with E-state index in [1.807, 2.05) is 0 Å². The van der Waals surface area contributed by atoms with Gasteiger partial charge in [-0.1, -0.05) is 0 Å². The average Bonchev–Trinajstić information content (AvgIpc) is 2.67. The summed E-state index contributed by atoms with van der Waals surface area (Å²) in [7, 11) is 0. The average molecular weight is 223 g/mol. The molecule has 84 valence electrons. The molecule has 3 nitrogen and oxygen atoms in total. The van der Waals surface area contributed by atoms with Crippen molar-refractivity contribution in [2.24, 2.45) is 5.73 Å². The minimum absolute atomic E-state index is 0.280. The maximum atomic E-state index is 13.5. The number of rotatable bonds is 3. The lowest BCUT2D eigenvalue weighted by molar-refractivity contribution is 0.576. The number of halogens is 2. The van der Waals surface area contributed by atoms with E-state index in [0.717, 1.165) is 11.8 Å². The van der Waals surface area contributed by atoms with E-state index in [9.17, 15) is 8.78 Å². The second-order valence-corrected chi connectivity index (χ2v) is 3.39. The van der Waals surface area contributed by atoms with Crippen molar-refractivity contribution < 1.29 is 8.78 Å². The van der Waals surface area contributed by atoms with E-state index in [1.54, 1.807) is 10.8 Å². The van der Waals surface area contributed by atoms with Crippen LogP contribution < -0.4 is 5.73 Å². The van der Waals surface area contributed by atoms with Gasteiger partial charge in [-0.2, -0.15) is 0 Å².